The van der Waals surface area contributed by atoms with E-state index in [1.807, 2.05) is 0 Å². The molecular weight excluding hydrogens is 354 g/mol. The summed E-state index contributed by atoms with van der Waals surface area (Å²) >= 11 is 3.38. The number of amides is 1. The zero-order valence-corrected chi connectivity index (χ0v) is 13.5. The number of nitrogens with zero attached hydrogens (tertiary/aromatic N) is 1. The Balaban J connectivity index is 1.91. The van der Waals surface area contributed by atoms with Crippen LogP contribution >= 0.6 is 15.9 Å². The second kappa shape index (κ2) is 6.16. The second-order valence-electron chi connectivity index (χ2n) is 5.33. The number of piperidine rings is 1. The van der Waals surface area contributed by atoms with E-state index in [2.05, 4.69) is 15.9 Å². The normalized spacial score (nSPS) is 20.6. The molecule has 0 spiro atoms. The molecular formula is C15H16BrNO5. The number of aliphatic carboxylic acids is 1. The fraction of sp³-hybridized carbons (Fsp3) is 0.467. The molecule has 0 aromatic heterocycles. The Kier molecular flexibility index (Phi) is 4.24. The summed E-state index contributed by atoms with van der Waals surface area (Å²) in [5.74, 6) is -0.154. The first-order valence-corrected chi connectivity index (χ1v) is 8.00. The topological polar surface area (TPSA) is 76.1 Å². The maximum absolute atomic E-state index is 12.7. The SMILES string of the molecule is O=C(O)C1CCCCN1C(=O)c1cc(Br)c2c(c1)OCCO2. The lowest BCUT2D eigenvalue weighted by atomic mass is 10.0. The van der Waals surface area contributed by atoms with E-state index in [0.29, 0.717) is 47.7 Å². The minimum atomic E-state index is -0.954. The van der Waals surface area contributed by atoms with Crippen LogP contribution in [0.4, 0.5) is 0 Å². The number of carbonyl (C=O) groups is 2. The third kappa shape index (κ3) is 2.77. The number of ether oxygens (including phenoxy) is 2. The average Bonchev–Trinajstić information content (AvgIpc) is 2.54. The molecule has 1 aromatic rings. The Morgan fingerprint density at radius 2 is 2.00 bits per heavy atom. The standard InChI is InChI=1S/C15H16BrNO5/c16-10-7-9(8-12-13(10)22-6-5-21-12)14(18)17-4-2-1-3-11(17)15(19)20/h7-8,11H,1-6H2,(H,19,20). The fourth-order valence-corrected chi connectivity index (χ4v) is 3.39. The van der Waals surface area contributed by atoms with Gasteiger partial charge in [-0.15, -0.1) is 0 Å². The van der Waals surface area contributed by atoms with Crippen molar-refractivity contribution < 1.29 is 24.2 Å². The van der Waals surface area contributed by atoms with Gasteiger partial charge in [0.25, 0.3) is 5.91 Å². The molecule has 3 rings (SSSR count). The van der Waals surface area contributed by atoms with Gasteiger partial charge in [-0.2, -0.15) is 0 Å². The molecule has 2 aliphatic rings. The zero-order valence-electron chi connectivity index (χ0n) is 11.9. The third-order valence-corrected chi connectivity index (χ3v) is 4.48. The Morgan fingerprint density at radius 3 is 2.77 bits per heavy atom. The number of fused-ring (bicyclic) bond motifs is 1. The summed E-state index contributed by atoms with van der Waals surface area (Å²) in [4.78, 5) is 25.5. The summed E-state index contributed by atoms with van der Waals surface area (Å²) in [6, 6.07) is 2.52. The maximum atomic E-state index is 12.7. The van der Waals surface area contributed by atoms with Crippen molar-refractivity contribution in [1.29, 1.82) is 0 Å². The lowest BCUT2D eigenvalue weighted by Crippen LogP contribution is -2.48. The van der Waals surface area contributed by atoms with Gasteiger partial charge < -0.3 is 19.5 Å². The van der Waals surface area contributed by atoms with Gasteiger partial charge in [0, 0.05) is 12.1 Å². The van der Waals surface area contributed by atoms with Crippen molar-refractivity contribution in [1.82, 2.24) is 4.90 Å². The van der Waals surface area contributed by atoms with Crippen LogP contribution in [0.5, 0.6) is 11.5 Å². The van der Waals surface area contributed by atoms with Crippen LogP contribution in [0.3, 0.4) is 0 Å². The van der Waals surface area contributed by atoms with Crippen LogP contribution in [-0.4, -0.2) is 47.7 Å². The van der Waals surface area contributed by atoms with Gasteiger partial charge in [-0.25, -0.2) is 4.79 Å². The van der Waals surface area contributed by atoms with E-state index in [1.165, 1.54) is 4.90 Å². The average molecular weight is 370 g/mol. The highest BCUT2D eigenvalue weighted by Crippen LogP contribution is 2.39. The number of hydrogen-bond donors (Lipinski definition) is 1. The molecule has 0 saturated carbocycles. The monoisotopic (exact) mass is 369 g/mol. The van der Waals surface area contributed by atoms with E-state index in [9.17, 15) is 14.7 Å². The molecule has 1 amide bonds. The maximum Gasteiger partial charge on any atom is 0.326 e. The van der Waals surface area contributed by atoms with Gasteiger partial charge in [-0.3, -0.25) is 4.79 Å². The summed E-state index contributed by atoms with van der Waals surface area (Å²) in [7, 11) is 0. The molecule has 1 aromatic carbocycles. The predicted molar refractivity (Wildman–Crippen MR) is 81.4 cm³/mol. The molecule has 118 valence electrons. The lowest BCUT2D eigenvalue weighted by Gasteiger charge is -2.33. The van der Waals surface area contributed by atoms with Gasteiger partial charge >= 0.3 is 5.97 Å². The van der Waals surface area contributed by atoms with Crippen LogP contribution < -0.4 is 9.47 Å². The molecule has 0 aliphatic carbocycles. The Labute approximate surface area is 136 Å². The lowest BCUT2D eigenvalue weighted by molar-refractivity contribution is -0.143. The smallest absolute Gasteiger partial charge is 0.326 e. The van der Waals surface area contributed by atoms with Crippen molar-refractivity contribution in [3.63, 3.8) is 0 Å². The van der Waals surface area contributed by atoms with Crippen LogP contribution in [-0.2, 0) is 4.79 Å². The largest absolute Gasteiger partial charge is 0.486 e. The first-order chi connectivity index (χ1) is 10.6. The molecule has 1 atom stereocenters. The van der Waals surface area contributed by atoms with E-state index < -0.39 is 12.0 Å². The van der Waals surface area contributed by atoms with Crippen LogP contribution in [0.2, 0.25) is 0 Å². The molecule has 22 heavy (non-hydrogen) atoms. The highest BCUT2D eigenvalue weighted by atomic mass is 79.9. The first-order valence-electron chi connectivity index (χ1n) is 7.21. The van der Waals surface area contributed by atoms with E-state index >= 15 is 0 Å². The van der Waals surface area contributed by atoms with Crippen molar-refractivity contribution in [2.24, 2.45) is 0 Å². The van der Waals surface area contributed by atoms with Crippen molar-refractivity contribution in [3.8, 4) is 11.5 Å². The molecule has 0 radical (unpaired) electrons. The molecule has 1 fully saturated rings. The molecule has 2 aliphatic heterocycles. The van der Waals surface area contributed by atoms with Crippen LogP contribution in [0.1, 0.15) is 29.6 Å². The number of benzene rings is 1. The van der Waals surface area contributed by atoms with Crippen LogP contribution in [0, 0.1) is 0 Å². The summed E-state index contributed by atoms with van der Waals surface area (Å²) in [5.41, 5.74) is 0.407. The van der Waals surface area contributed by atoms with Gasteiger partial charge in [0.05, 0.1) is 4.47 Å². The molecule has 2 heterocycles. The van der Waals surface area contributed by atoms with E-state index in [1.54, 1.807) is 12.1 Å². The van der Waals surface area contributed by atoms with Crippen molar-refractivity contribution in [2.45, 2.75) is 25.3 Å². The van der Waals surface area contributed by atoms with Crippen molar-refractivity contribution >= 4 is 27.8 Å². The van der Waals surface area contributed by atoms with Gasteiger partial charge in [0.2, 0.25) is 0 Å². The summed E-state index contributed by atoms with van der Waals surface area (Å²) in [6.45, 7) is 1.35. The van der Waals surface area contributed by atoms with Crippen molar-refractivity contribution in [3.05, 3.63) is 22.2 Å². The molecule has 1 unspecified atom stereocenters. The van der Waals surface area contributed by atoms with Gasteiger partial charge in [-0.05, 0) is 47.3 Å². The Bertz CT molecular complexity index is 618. The van der Waals surface area contributed by atoms with Crippen LogP contribution in [0.15, 0.2) is 16.6 Å². The van der Waals surface area contributed by atoms with Gasteiger partial charge in [0.15, 0.2) is 11.5 Å². The summed E-state index contributed by atoms with van der Waals surface area (Å²) in [6.07, 6.45) is 2.14. The molecule has 7 heteroatoms. The highest BCUT2D eigenvalue weighted by Gasteiger charge is 2.33. The molecule has 1 N–H and O–H groups in total. The summed E-state index contributed by atoms with van der Waals surface area (Å²) < 4.78 is 11.7. The number of likely N-dealkylation sites (tertiary alicyclic amines) is 1. The first kappa shape index (κ1) is 15.1. The number of carboxylic acid groups (broad SMARTS) is 1. The fourth-order valence-electron chi connectivity index (χ4n) is 2.83. The number of carbonyl (C=O) groups excluding carboxylic acids is 1. The predicted octanol–water partition coefficient (Wildman–Crippen LogP) is 2.30. The number of hydrogen-bond acceptors (Lipinski definition) is 4. The Hall–Kier alpha value is -1.76. The van der Waals surface area contributed by atoms with Gasteiger partial charge in [0.1, 0.15) is 19.3 Å². The number of carboxylic acids is 1. The number of rotatable bonds is 2. The third-order valence-electron chi connectivity index (χ3n) is 3.89. The second-order valence-corrected chi connectivity index (χ2v) is 6.18. The molecule has 0 bridgehead atoms. The minimum absolute atomic E-state index is 0.287. The van der Waals surface area contributed by atoms with E-state index in [4.69, 9.17) is 9.47 Å². The molecule has 1 saturated heterocycles. The van der Waals surface area contributed by atoms with Crippen LogP contribution in [0.25, 0.3) is 0 Å². The highest BCUT2D eigenvalue weighted by molar-refractivity contribution is 9.10. The quantitative estimate of drug-likeness (QED) is 0.865. The van der Waals surface area contributed by atoms with E-state index in [-0.39, 0.29) is 5.91 Å². The molecule has 6 nitrogen and oxygen atoms in total. The Morgan fingerprint density at radius 1 is 1.23 bits per heavy atom. The van der Waals surface area contributed by atoms with Gasteiger partial charge in [-0.1, -0.05) is 0 Å². The van der Waals surface area contributed by atoms with E-state index in [0.717, 1.165) is 12.8 Å². The van der Waals surface area contributed by atoms with Crippen molar-refractivity contribution in [2.75, 3.05) is 19.8 Å². The zero-order chi connectivity index (χ0) is 15.7. The summed E-state index contributed by atoms with van der Waals surface area (Å²) in [5, 5.41) is 9.30. The number of halogens is 1. The minimum Gasteiger partial charge on any atom is -0.486 e.